The molecule has 0 bridgehead atoms. The number of amides is 1. The topological polar surface area (TPSA) is 92.7 Å². The van der Waals surface area contributed by atoms with Crippen molar-refractivity contribution in [2.75, 3.05) is 32.4 Å². The van der Waals surface area contributed by atoms with Crippen LogP contribution < -0.4 is 5.73 Å². The lowest BCUT2D eigenvalue weighted by molar-refractivity contribution is -0.383. The van der Waals surface area contributed by atoms with Gasteiger partial charge in [0.15, 0.2) is 0 Å². The van der Waals surface area contributed by atoms with E-state index in [0.717, 1.165) is 31.5 Å². The van der Waals surface area contributed by atoms with E-state index in [4.69, 9.17) is 5.73 Å². The van der Waals surface area contributed by atoms with Crippen LogP contribution in [0.25, 0.3) is 0 Å². The van der Waals surface area contributed by atoms with E-state index in [1.807, 2.05) is 16.8 Å². The summed E-state index contributed by atoms with van der Waals surface area (Å²) in [4.78, 5) is 26.0. The van der Waals surface area contributed by atoms with Crippen LogP contribution in [-0.2, 0) is 11.3 Å². The number of nitrogens with zero attached hydrogens (tertiary/aromatic N) is 3. The number of nitro benzene ring substituents is 1. The number of carbonyl (C=O) groups is 1. The van der Waals surface area contributed by atoms with Crippen LogP contribution in [0.2, 0.25) is 0 Å². The number of nitrogens with two attached hydrogens (primary N) is 1. The van der Waals surface area contributed by atoms with Gasteiger partial charge in [0.2, 0.25) is 5.91 Å². The van der Waals surface area contributed by atoms with E-state index < -0.39 is 4.92 Å². The van der Waals surface area contributed by atoms with Gasteiger partial charge in [-0.25, -0.2) is 0 Å². The number of carbonyl (C=O) groups excluding carboxylic acids is 1. The third kappa shape index (κ3) is 3.91. The third-order valence-corrected chi connectivity index (χ3v) is 3.61. The van der Waals surface area contributed by atoms with Gasteiger partial charge in [0, 0.05) is 25.7 Å². The summed E-state index contributed by atoms with van der Waals surface area (Å²) < 4.78 is 0. The number of nitrogen functional groups attached to an aromatic ring is 1. The van der Waals surface area contributed by atoms with Gasteiger partial charge in [-0.1, -0.05) is 6.07 Å². The van der Waals surface area contributed by atoms with Gasteiger partial charge in [-0.15, -0.1) is 0 Å². The zero-order valence-electron chi connectivity index (χ0n) is 12.1. The number of likely N-dealkylation sites (tertiary alicyclic amines) is 1. The fraction of sp³-hybridized carbons (Fsp3) is 0.500. The van der Waals surface area contributed by atoms with Crippen LogP contribution in [-0.4, -0.2) is 47.3 Å². The van der Waals surface area contributed by atoms with Crippen LogP contribution in [0, 0.1) is 10.1 Å². The molecule has 1 amide bonds. The number of anilines is 1. The monoisotopic (exact) mass is 292 g/mol. The molecule has 0 unspecified atom stereocenters. The van der Waals surface area contributed by atoms with Crippen LogP contribution in [0.3, 0.4) is 0 Å². The fourth-order valence-electron chi connectivity index (χ4n) is 2.53. The summed E-state index contributed by atoms with van der Waals surface area (Å²) in [7, 11) is 1.85. The molecule has 1 heterocycles. The molecule has 2 rings (SSSR count). The van der Waals surface area contributed by atoms with Crippen LogP contribution >= 0.6 is 0 Å². The fourth-order valence-corrected chi connectivity index (χ4v) is 2.53. The van der Waals surface area contributed by atoms with Gasteiger partial charge >= 0.3 is 0 Å². The normalized spacial score (nSPS) is 14.7. The number of rotatable bonds is 5. The number of hydrogen-bond donors (Lipinski definition) is 1. The predicted octanol–water partition coefficient (Wildman–Crippen LogP) is 1.23. The quantitative estimate of drug-likeness (QED) is 0.500. The molecule has 0 spiro atoms. The van der Waals surface area contributed by atoms with Crippen molar-refractivity contribution in [1.82, 2.24) is 9.80 Å². The Hall–Kier alpha value is -2.15. The first-order valence-corrected chi connectivity index (χ1v) is 6.96. The zero-order valence-corrected chi connectivity index (χ0v) is 12.1. The number of hydrogen-bond acceptors (Lipinski definition) is 5. The second-order valence-electron chi connectivity index (χ2n) is 5.41. The highest BCUT2D eigenvalue weighted by Gasteiger charge is 2.19. The van der Waals surface area contributed by atoms with Crippen molar-refractivity contribution in [3.05, 3.63) is 33.9 Å². The van der Waals surface area contributed by atoms with Crippen molar-refractivity contribution in [3.63, 3.8) is 0 Å². The van der Waals surface area contributed by atoms with E-state index in [1.165, 1.54) is 6.07 Å². The zero-order chi connectivity index (χ0) is 15.4. The van der Waals surface area contributed by atoms with Gasteiger partial charge in [0.1, 0.15) is 5.69 Å². The standard InChI is InChI=1S/C14H20N4O3/c1-16(10-14(19)17-6-2-3-7-17)9-11-4-5-13(18(20)21)12(15)8-11/h4-5,8H,2-3,6-7,9-10,15H2,1H3. The van der Waals surface area contributed by atoms with E-state index in [9.17, 15) is 14.9 Å². The molecule has 1 aromatic carbocycles. The summed E-state index contributed by atoms with van der Waals surface area (Å²) in [5.41, 5.74) is 6.58. The Labute approximate surface area is 123 Å². The highest BCUT2D eigenvalue weighted by atomic mass is 16.6. The summed E-state index contributed by atoms with van der Waals surface area (Å²) in [6.45, 7) is 2.56. The molecule has 1 aliphatic heterocycles. The Balaban J connectivity index is 1.93. The summed E-state index contributed by atoms with van der Waals surface area (Å²) in [6.07, 6.45) is 2.16. The van der Waals surface area contributed by atoms with Crippen molar-refractivity contribution in [2.24, 2.45) is 0 Å². The van der Waals surface area contributed by atoms with Gasteiger partial charge in [-0.2, -0.15) is 0 Å². The number of nitro groups is 1. The molecule has 7 heteroatoms. The largest absolute Gasteiger partial charge is 0.393 e. The van der Waals surface area contributed by atoms with E-state index in [-0.39, 0.29) is 17.3 Å². The van der Waals surface area contributed by atoms with E-state index >= 15 is 0 Å². The second kappa shape index (κ2) is 6.53. The molecule has 1 saturated heterocycles. The SMILES string of the molecule is CN(CC(=O)N1CCCC1)Cc1ccc([N+](=O)[O-])c(N)c1. The maximum absolute atomic E-state index is 12.0. The summed E-state index contributed by atoms with van der Waals surface area (Å²) in [5.74, 6) is 0.130. The number of benzene rings is 1. The van der Waals surface area contributed by atoms with Gasteiger partial charge < -0.3 is 10.6 Å². The lowest BCUT2D eigenvalue weighted by atomic mass is 10.1. The molecule has 1 fully saturated rings. The van der Waals surface area contributed by atoms with Crippen molar-refractivity contribution in [1.29, 1.82) is 0 Å². The summed E-state index contributed by atoms with van der Waals surface area (Å²) >= 11 is 0. The Morgan fingerprint density at radius 2 is 2.10 bits per heavy atom. The average Bonchev–Trinajstić information content (AvgIpc) is 2.91. The molecule has 7 nitrogen and oxygen atoms in total. The lowest BCUT2D eigenvalue weighted by Crippen LogP contribution is -2.36. The molecule has 1 aromatic rings. The van der Waals surface area contributed by atoms with Crippen LogP contribution in [0.4, 0.5) is 11.4 Å². The Kier molecular flexibility index (Phi) is 4.74. The lowest BCUT2D eigenvalue weighted by Gasteiger charge is -2.21. The van der Waals surface area contributed by atoms with Gasteiger partial charge in [-0.05, 0) is 31.5 Å². The first-order chi connectivity index (χ1) is 9.97. The molecule has 0 saturated carbocycles. The van der Waals surface area contributed by atoms with Crippen molar-refractivity contribution in [3.8, 4) is 0 Å². The highest BCUT2D eigenvalue weighted by molar-refractivity contribution is 5.78. The molecular weight excluding hydrogens is 272 g/mol. The minimum atomic E-state index is -0.500. The molecular formula is C14H20N4O3. The Bertz CT molecular complexity index is 541. The van der Waals surface area contributed by atoms with E-state index in [2.05, 4.69) is 0 Å². The van der Waals surface area contributed by atoms with Crippen LogP contribution in [0.15, 0.2) is 18.2 Å². The van der Waals surface area contributed by atoms with Crippen molar-refractivity contribution in [2.45, 2.75) is 19.4 Å². The Morgan fingerprint density at radius 3 is 2.67 bits per heavy atom. The summed E-state index contributed by atoms with van der Waals surface area (Å²) in [5, 5.41) is 10.7. The molecule has 1 aliphatic rings. The summed E-state index contributed by atoms with van der Waals surface area (Å²) in [6, 6.07) is 4.67. The van der Waals surface area contributed by atoms with Gasteiger partial charge in [-0.3, -0.25) is 19.8 Å². The maximum Gasteiger partial charge on any atom is 0.292 e. The highest BCUT2D eigenvalue weighted by Crippen LogP contribution is 2.22. The van der Waals surface area contributed by atoms with E-state index in [1.54, 1.807) is 12.1 Å². The Morgan fingerprint density at radius 1 is 1.43 bits per heavy atom. The molecule has 21 heavy (non-hydrogen) atoms. The third-order valence-electron chi connectivity index (χ3n) is 3.61. The van der Waals surface area contributed by atoms with Crippen LogP contribution in [0.1, 0.15) is 18.4 Å². The predicted molar refractivity (Wildman–Crippen MR) is 79.7 cm³/mol. The average molecular weight is 292 g/mol. The van der Waals surface area contributed by atoms with Crippen molar-refractivity contribution < 1.29 is 9.72 Å². The minimum Gasteiger partial charge on any atom is -0.393 e. The minimum absolute atomic E-state index is 0.0884. The molecule has 114 valence electrons. The molecule has 0 aromatic heterocycles. The molecule has 2 N–H and O–H groups in total. The first-order valence-electron chi connectivity index (χ1n) is 6.96. The smallest absolute Gasteiger partial charge is 0.292 e. The number of likely N-dealkylation sites (N-methyl/N-ethyl adjacent to an activating group) is 1. The molecule has 0 aliphatic carbocycles. The van der Waals surface area contributed by atoms with Gasteiger partial charge in [0.25, 0.3) is 5.69 Å². The van der Waals surface area contributed by atoms with Crippen LogP contribution in [0.5, 0.6) is 0 Å². The maximum atomic E-state index is 12.0. The van der Waals surface area contributed by atoms with Gasteiger partial charge in [0.05, 0.1) is 11.5 Å². The van der Waals surface area contributed by atoms with E-state index in [0.29, 0.717) is 13.1 Å². The molecule has 0 atom stereocenters. The first kappa shape index (κ1) is 15.2. The molecule has 0 radical (unpaired) electrons. The second-order valence-corrected chi connectivity index (χ2v) is 5.41. The van der Waals surface area contributed by atoms with Crippen molar-refractivity contribution >= 4 is 17.3 Å².